The molecule has 4 nitrogen and oxygen atoms in total. The van der Waals surface area contributed by atoms with Crippen molar-refractivity contribution in [1.29, 1.82) is 0 Å². The number of hydrogen-bond donors (Lipinski definition) is 1. The van der Waals surface area contributed by atoms with Gasteiger partial charge >= 0.3 is 0 Å². The lowest BCUT2D eigenvalue weighted by Crippen LogP contribution is -2.22. The highest BCUT2D eigenvalue weighted by atomic mass is 16.5. The van der Waals surface area contributed by atoms with E-state index < -0.39 is 0 Å². The average molecular weight is 273 g/mol. The molecular formula is C16H23N3O. The van der Waals surface area contributed by atoms with Crippen LogP contribution in [0.4, 0.5) is 0 Å². The Balaban J connectivity index is 2.08. The van der Waals surface area contributed by atoms with Crippen LogP contribution in [0.15, 0.2) is 28.8 Å². The summed E-state index contributed by atoms with van der Waals surface area (Å²) in [5.74, 6) is 1.78. The highest BCUT2D eigenvalue weighted by molar-refractivity contribution is 5.54. The van der Waals surface area contributed by atoms with Crippen molar-refractivity contribution >= 4 is 0 Å². The largest absolute Gasteiger partial charge is 0.339 e. The number of nitrogens with zero attached hydrogens (tertiary/aromatic N) is 2. The van der Waals surface area contributed by atoms with Crippen LogP contribution in [0.5, 0.6) is 0 Å². The molecule has 1 unspecified atom stereocenters. The molecule has 2 aromatic rings. The standard InChI is InChI=1S/C16H23N3O/c1-4-5-14(17)10-15-18-16(19-20-15)13-8-6-12(7-9-13)11(2)3/h6-9,11,14H,4-5,10,17H2,1-3H3. The quantitative estimate of drug-likeness (QED) is 0.874. The van der Waals surface area contributed by atoms with Gasteiger partial charge in [-0.25, -0.2) is 0 Å². The fourth-order valence-electron chi connectivity index (χ4n) is 2.17. The maximum Gasteiger partial charge on any atom is 0.228 e. The van der Waals surface area contributed by atoms with Crippen LogP contribution in [-0.4, -0.2) is 16.2 Å². The molecule has 0 amide bonds. The summed E-state index contributed by atoms with van der Waals surface area (Å²) in [7, 11) is 0. The highest BCUT2D eigenvalue weighted by Gasteiger charge is 2.12. The molecule has 2 rings (SSSR count). The van der Waals surface area contributed by atoms with Gasteiger partial charge in [-0.1, -0.05) is 56.6 Å². The van der Waals surface area contributed by atoms with E-state index in [1.54, 1.807) is 0 Å². The van der Waals surface area contributed by atoms with Crippen molar-refractivity contribution in [2.24, 2.45) is 5.73 Å². The lowest BCUT2D eigenvalue weighted by molar-refractivity contribution is 0.366. The second-order valence-electron chi connectivity index (χ2n) is 5.54. The van der Waals surface area contributed by atoms with Crippen molar-refractivity contribution in [2.45, 2.75) is 52.0 Å². The van der Waals surface area contributed by atoms with Gasteiger partial charge in [-0.3, -0.25) is 0 Å². The van der Waals surface area contributed by atoms with Crippen LogP contribution >= 0.6 is 0 Å². The van der Waals surface area contributed by atoms with Gasteiger partial charge in [0.1, 0.15) is 0 Å². The van der Waals surface area contributed by atoms with Crippen molar-refractivity contribution in [3.05, 3.63) is 35.7 Å². The van der Waals surface area contributed by atoms with Crippen molar-refractivity contribution in [3.8, 4) is 11.4 Å². The molecule has 0 saturated carbocycles. The predicted octanol–water partition coefficient (Wildman–Crippen LogP) is 3.53. The Morgan fingerprint density at radius 1 is 1.20 bits per heavy atom. The summed E-state index contributed by atoms with van der Waals surface area (Å²) in [6.45, 7) is 6.47. The van der Waals surface area contributed by atoms with Gasteiger partial charge in [-0.05, 0) is 17.9 Å². The van der Waals surface area contributed by atoms with E-state index >= 15 is 0 Å². The molecule has 0 saturated heterocycles. The molecule has 0 fully saturated rings. The fourth-order valence-corrected chi connectivity index (χ4v) is 2.17. The fraction of sp³-hybridized carbons (Fsp3) is 0.500. The van der Waals surface area contributed by atoms with Crippen LogP contribution in [0.2, 0.25) is 0 Å². The molecule has 1 heterocycles. The van der Waals surface area contributed by atoms with Crippen molar-refractivity contribution in [1.82, 2.24) is 10.1 Å². The third-order valence-corrected chi connectivity index (χ3v) is 3.40. The second kappa shape index (κ2) is 6.66. The molecule has 1 aromatic carbocycles. The lowest BCUT2D eigenvalue weighted by atomic mass is 10.0. The average Bonchev–Trinajstić information content (AvgIpc) is 2.87. The third-order valence-electron chi connectivity index (χ3n) is 3.40. The monoisotopic (exact) mass is 273 g/mol. The van der Waals surface area contributed by atoms with Gasteiger partial charge in [-0.2, -0.15) is 4.98 Å². The lowest BCUT2D eigenvalue weighted by Gasteiger charge is -2.05. The summed E-state index contributed by atoms with van der Waals surface area (Å²) >= 11 is 0. The minimum Gasteiger partial charge on any atom is -0.339 e. The Labute approximate surface area is 120 Å². The molecule has 4 heteroatoms. The molecule has 0 aliphatic carbocycles. The maximum absolute atomic E-state index is 5.99. The van der Waals surface area contributed by atoms with E-state index in [0.717, 1.165) is 18.4 Å². The first kappa shape index (κ1) is 14.7. The molecule has 1 aromatic heterocycles. The minimum absolute atomic E-state index is 0.0941. The summed E-state index contributed by atoms with van der Waals surface area (Å²) in [5, 5.41) is 4.03. The summed E-state index contributed by atoms with van der Waals surface area (Å²) in [6.07, 6.45) is 2.69. The zero-order valence-electron chi connectivity index (χ0n) is 12.5. The number of rotatable bonds is 6. The first-order valence-electron chi connectivity index (χ1n) is 7.28. The van der Waals surface area contributed by atoms with Gasteiger partial charge in [0.15, 0.2) is 0 Å². The van der Waals surface area contributed by atoms with E-state index in [-0.39, 0.29) is 6.04 Å². The topological polar surface area (TPSA) is 64.9 Å². The van der Waals surface area contributed by atoms with Crippen LogP contribution in [0.1, 0.15) is 51.0 Å². The van der Waals surface area contributed by atoms with E-state index in [4.69, 9.17) is 10.3 Å². The summed E-state index contributed by atoms with van der Waals surface area (Å²) in [5.41, 5.74) is 8.28. The van der Waals surface area contributed by atoms with E-state index in [1.165, 1.54) is 5.56 Å². The number of aromatic nitrogens is 2. The van der Waals surface area contributed by atoms with Crippen LogP contribution in [0.3, 0.4) is 0 Å². The zero-order valence-corrected chi connectivity index (χ0v) is 12.5. The third kappa shape index (κ3) is 3.67. The molecule has 1 atom stereocenters. The Bertz CT molecular complexity index is 531. The molecule has 108 valence electrons. The normalized spacial score (nSPS) is 12.8. The summed E-state index contributed by atoms with van der Waals surface area (Å²) in [4.78, 5) is 4.42. The SMILES string of the molecule is CCCC(N)Cc1nc(-c2ccc(C(C)C)cc2)no1. The highest BCUT2D eigenvalue weighted by Crippen LogP contribution is 2.20. The number of hydrogen-bond acceptors (Lipinski definition) is 4. The van der Waals surface area contributed by atoms with Crippen molar-refractivity contribution in [3.63, 3.8) is 0 Å². The predicted molar refractivity (Wildman–Crippen MR) is 80.4 cm³/mol. The van der Waals surface area contributed by atoms with Crippen LogP contribution in [-0.2, 0) is 6.42 Å². The van der Waals surface area contributed by atoms with E-state index in [9.17, 15) is 0 Å². The molecule has 20 heavy (non-hydrogen) atoms. The van der Waals surface area contributed by atoms with Crippen LogP contribution in [0.25, 0.3) is 11.4 Å². The van der Waals surface area contributed by atoms with Crippen molar-refractivity contribution < 1.29 is 4.52 Å². The first-order valence-corrected chi connectivity index (χ1v) is 7.28. The summed E-state index contributed by atoms with van der Waals surface area (Å²) < 4.78 is 5.27. The Kier molecular flexibility index (Phi) is 4.90. The molecule has 2 N–H and O–H groups in total. The van der Waals surface area contributed by atoms with E-state index in [2.05, 4.69) is 43.0 Å². The number of nitrogens with two attached hydrogens (primary N) is 1. The Hall–Kier alpha value is -1.68. The van der Waals surface area contributed by atoms with E-state index in [0.29, 0.717) is 24.1 Å². The van der Waals surface area contributed by atoms with Gasteiger partial charge in [-0.15, -0.1) is 0 Å². The van der Waals surface area contributed by atoms with Gasteiger partial charge in [0, 0.05) is 18.0 Å². The Morgan fingerprint density at radius 3 is 2.50 bits per heavy atom. The summed E-state index contributed by atoms with van der Waals surface area (Å²) in [6, 6.07) is 8.39. The van der Waals surface area contributed by atoms with Crippen molar-refractivity contribution in [2.75, 3.05) is 0 Å². The molecular weight excluding hydrogens is 250 g/mol. The molecule has 0 aliphatic rings. The minimum atomic E-state index is 0.0941. The first-order chi connectivity index (χ1) is 9.60. The van der Waals surface area contributed by atoms with Gasteiger partial charge in [0.25, 0.3) is 0 Å². The van der Waals surface area contributed by atoms with E-state index in [1.807, 2.05) is 12.1 Å². The van der Waals surface area contributed by atoms with Crippen LogP contribution in [0, 0.1) is 0 Å². The maximum atomic E-state index is 5.99. The van der Waals surface area contributed by atoms with Crippen LogP contribution < -0.4 is 5.73 Å². The van der Waals surface area contributed by atoms with Gasteiger partial charge < -0.3 is 10.3 Å². The zero-order chi connectivity index (χ0) is 14.5. The smallest absolute Gasteiger partial charge is 0.228 e. The molecule has 0 aliphatic heterocycles. The number of benzene rings is 1. The Morgan fingerprint density at radius 2 is 1.90 bits per heavy atom. The van der Waals surface area contributed by atoms with Gasteiger partial charge in [0.05, 0.1) is 0 Å². The second-order valence-corrected chi connectivity index (χ2v) is 5.54. The molecule has 0 bridgehead atoms. The molecule has 0 spiro atoms. The molecule has 0 radical (unpaired) electrons. The van der Waals surface area contributed by atoms with Gasteiger partial charge in [0.2, 0.25) is 11.7 Å².